The lowest BCUT2D eigenvalue weighted by Crippen LogP contribution is -2.45. The highest BCUT2D eigenvalue weighted by Crippen LogP contribution is 2.16. The fourth-order valence-corrected chi connectivity index (χ4v) is 1.88. The van der Waals surface area contributed by atoms with E-state index in [0.717, 1.165) is 5.56 Å². The van der Waals surface area contributed by atoms with Gasteiger partial charge in [0.15, 0.2) is 13.2 Å². The molecule has 2 aromatic rings. The molecular formula is C17H17ClN2O4. The Labute approximate surface area is 144 Å². The van der Waals surface area contributed by atoms with E-state index in [1.807, 2.05) is 25.1 Å². The minimum Gasteiger partial charge on any atom is -0.484 e. The second-order valence-corrected chi connectivity index (χ2v) is 5.33. The molecule has 6 nitrogen and oxygen atoms in total. The highest BCUT2D eigenvalue weighted by atomic mass is 35.5. The quantitative estimate of drug-likeness (QED) is 0.785. The number of rotatable bonds is 6. The first-order valence-electron chi connectivity index (χ1n) is 7.19. The number of benzene rings is 2. The van der Waals surface area contributed by atoms with E-state index in [2.05, 4.69) is 10.9 Å². The number of amides is 2. The number of para-hydroxylation sites is 1. The SMILES string of the molecule is Cc1ccccc1OCC(=O)NNC(=O)COc1ccc(Cl)cc1. The van der Waals surface area contributed by atoms with Crippen molar-refractivity contribution in [3.05, 3.63) is 59.1 Å². The molecule has 2 amide bonds. The van der Waals surface area contributed by atoms with Crippen molar-refractivity contribution in [3.8, 4) is 11.5 Å². The molecule has 0 aromatic heterocycles. The summed E-state index contributed by atoms with van der Waals surface area (Å²) in [7, 11) is 0. The van der Waals surface area contributed by atoms with Crippen LogP contribution in [0, 0.1) is 6.92 Å². The molecule has 2 aromatic carbocycles. The summed E-state index contributed by atoms with van der Waals surface area (Å²) in [5.74, 6) is 0.154. The molecule has 0 aliphatic carbocycles. The number of ether oxygens (including phenoxy) is 2. The number of carbonyl (C=O) groups excluding carboxylic acids is 2. The molecule has 0 aliphatic rings. The van der Waals surface area contributed by atoms with Crippen molar-refractivity contribution in [2.24, 2.45) is 0 Å². The van der Waals surface area contributed by atoms with Crippen LogP contribution < -0.4 is 20.3 Å². The summed E-state index contributed by atoms with van der Waals surface area (Å²) in [4.78, 5) is 23.2. The van der Waals surface area contributed by atoms with Gasteiger partial charge in [0, 0.05) is 5.02 Å². The van der Waals surface area contributed by atoms with Crippen molar-refractivity contribution in [2.75, 3.05) is 13.2 Å². The molecule has 0 fully saturated rings. The van der Waals surface area contributed by atoms with Crippen molar-refractivity contribution in [2.45, 2.75) is 6.92 Å². The molecule has 2 rings (SSSR count). The fourth-order valence-electron chi connectivity index (χ4n) is 1.75. The summed E-state index contributed by atoms with van der Waals surface area (Å²) in [6.07, 6.45) is 0. The molecule has 2 N–H and O–H groups in total. The zero-order valence-electron chi connectivity index (χ0n) is 13.0. The van der Waals surface area contributed by atoms with Gasteiger partial charge in [-0.1, -0.05) is 29.8 Å². The number of halogens is 1. The average Bonchev–Trinajstić information content (AvgIpc) is 2.58. The number of carbonyl (C=O) groups is 2. The summed E-state index contributed by atoms with van der Waals surface area (Å²) < 4.78 is 10.6. The first kappa shape index (κ1) is 17.6. The van der Waals surface area contributed by atoms with E-state index in [1.165, 1.54) is 0 Å². The fraction of sp³-hybridized carbons (Fsp3) is 0.176. The predicted octanol–water partition coefficient (Wildman–Crippen LogP) is 2.25. The molecule has 0 saturated heterocycles. The highest BCUT2D eigenvalue weighted by Gasteiger charge is 2.07. The number of aryl methyl sites for hydroxylation is 1. The minimum atomic E-state index is -0.491. The molecular weight excluding hydrogens is 332 g/mol. The Morgan fingerprint density at radius 2 is 1.50 bits per heavy atom. The van der Waals surface area contributed by atoms with E-state index in [9.17, 15) is 9.59 Å². The summed E-state index contributed by atoms with van der Waals surface area (Å²) in [6.45, 7) is 1.44. The van der Waals surface area contributed by atoms with Crippen LogP contribution in [-0.4, -0.2) is 25.0 Å². The topological polar surface area (TPSA) is 76.7 Å². The van der Waals surface area contributed by atoms with Crippen LogP contribution in [0.15, 0.2) is 48.5 Å². The van der Waals surface area contributed by atoms with Crippen LogP contribution in [0.1, 0.15) is 5.56 Å². The third-order valence-corrected chi connectivity index (χ3v) is 3.23. The third kappa shape index (κ3) is 5.81. The van der Waals surface area contributed by atoms with E-state index < -0.39 is 11.8 Å². The summed E-state index contributed by atoms with van der Waals surface area (Å²) in [5, 5.41) is 0.577. The van der Waals surface area contributed by atoms with Crippen LogP contribution >= 0.6 is 11.6 Å². The highest BCUT2D eigenvalue weighted by molar-refractivity contribution is 6.30. The number of nitrogens with one attached hydrogen (secondary N) is 2. The Balaban J connectivity index is 1.66. The molecule has 0 bridgehead atoms. The second-order valence-electron chi connectivity index (χ2n) is 4.89. The number of hydrazine groups is 1. The van der Waals surface area contributed by atoms with Gasteiger partial charge in [-0.05, 0) is 42.8 Å². The van der Waals surface area contributed by atoms with Gasteiger partial charge in [-0.25, -0.2) is 0 Å². The Hall–Kier alpha value is -2.73. The molecule has 7 heteroatoms. The Bertz CT molecular complexity index is 704. The van der Waals surface area contributed by atoms with Crippen molar-refractivity contribution in [3.63, 3.8) is 0 Å². The number of hydrogen-bond acceptors (Lipinski definition) is 4. The van der Waals surface area contributed by atoms with Gasteiger partial charge >= 0.3 is 0 Å². The largest absolute Gasteiger partial charge is 0.484 e. The molecule has 0 unspecified atom stereocenters. The lowest BCUT2D eigenvalue weighted by Gasteiger charge is -2.10. The summed E-state index contributed by atoms with van der Waals surface area (Å²) in [5.41, 5.74) is 5.42. The maximum absolute atomic E-state index is 11.6. The van der Waals surface area contributed by atoms with Gasteiger partial charge in [-0.3, -0.25) is 20.4 Å². The van der Waals surface area contributed by atoms with E-state index in [-0.39, 0.29) is 13.2 Å². The predicted molar refractivity (Wildman–Crippen MR) is 89.9 cm³/mol. The molecule has 0 saturated carbocycles. The Morgan fingerprint density at radius 1 is 0.917 bits per heavy atom. The van der Waals surface area contributed by atoms with Gasteiger partial charge in [0.05, 0.1) is 0 Å². The first-order chi connectivity index (χ1) is 11.5. The van der Waals surface area contributed by atoms with E-state index in [1.54, 1.807) is 30.3 Å². The van der Waals surface area contributed by atoms with Gasteiger partial charge in [-0.15, -0.1) is 0 Å². The van der Waals surface area contributed by atoms with Crippen LogP contribution in [0.5, 0.6) is 11.5 Å². The van der Waals surface area contributed by atoms with Gasteiger partial charge < -0.3 is 9.47 Å². The molecule has 0 radical (unpaired) electrons. The average molecular weight is 349 g/mol. The number of hydrogen-bond donors (Lipinski definition) is 2. The smallest absolute Gasteiger partial charge is 0.276 e. The van der Waals surface area contributed by atoms with Crippen molar-refractivity contribution >= 4 is 23.4 Å². The van der Waals surface area contributed by atoms with Crippen LogP contribution in [0.3, 0.4) is 0 Å². The van der Waals surface area contributed by atoms with Crippen molar-refractivity contribution < 1.29 is 19.1 Å². The standard InChI is InChI=1S/C17H17ClN2O4/c1-12-4-2-3-5-15(12)24-11-17(22)20-19-16(21)10-23-14-8-6-13(18)7-9-14/h2-9H,10-11H2,1H3,(H,19,21)(H,20,22). The maximum Gasteiger partial charge on any atom is 0.276 e. The van der Waals surface area contributed by atoms with Gasteiger partial charge in [-0.2, -0.15) is 0 Å². The lowest BCUT2D eigenvalue weighted by molar-refractivity contribution is -0.131. The minimum absolute atomic E-state index is 0.205. The first-order valence-corrected chi connectivity index (χ1v) is 7.57. The maximum atomic E-state index is 11.6. The lowest BCUT2D eigenvalue weighted by atomic mass is 10.2. The van der Waals surface area contributed by atoms with Gasteiger partial charge in [0.25, 0.3) is 11.8 Å². The molecule has 0 aliphatic heterocycles. The normalized spacial score (nSPS) is 9.92. The zero-order valence-corrected chi connectivity index (χ0v) is 13.8. The van der Waals surface area contributed by atoms with Gasteiger partial charge in [0.2, 0.25) is 0 Å². The van der Waals surface area contributed by atoms with Crippen LogP contribution in [-0.2, 0) is 9.59 Å². The van der Waals surface area contributed by atoms with Crippen molar-refractivity contribution in [1.29, 1.82) is 0 Å². The Morgan fingerprint density at radius 3 is 2.12 bits per heavy atom. The molecule has 0 spiro atoms. The van der Waals surface area contributed by atoms with E-state index in [4.69, 9.17) is 21.1 Å². The molecule has 24 heavy (non-hydrogen) atoms. The monoisotopic (exact) mass is 348 g/mol. The van der Waals surface area contributed by atoms with E-state index >= 15 is 0 Å². The van der Waals surface area contributed by atoms with Crippen LogP contribution in [0.2, 0.25) is 5.02 Å². The third-order valence-electron chi connectivity index (χ3n) is 2.98. The van der Waals surface area contributed by atoms with E-state index in [0.29, 0.717) is 16.5 Å². The van der Waals surface area contributed by atoms with Crippen LogP contribution in [0.4, 0.5) is 0 Å². The Kier molecular flexibility index (Phi) is 6.45. The second kappa shape index (κ2) is 8.79. The van der Waals surface area contributed by atoms with Gasteiger partial charge in [0.1, 0.15) is 11.5 Å². The molecule has 0 heterocycles. The zero-order chi connectivity index (χ0) is 17.4. The molecule has 126 valence electrons. The molecule has 0 atom stereocenters. The van der Waals surface area contributed by atoms with Crippen molar-refractivity contribution in [1.82, 2.24) is 10.9 Å². The summed E-state index contributed by atoms with van der Waals surface area (Å²) in [6, 6.07) is 13.9. The van der Waals surface area contributed by atoms with Crippen LogP contribution in [0.25, 0.3) is 0 Å². The summed E-state index contributed by atoms with van der Waals surface area (Å²) >= 11 is 5.75.